The van der Waals surface area contributed by atoms with Crippen LogP contribution in [-0.2, 0) is 11.3 Å². The number of ether oxygens (including phenoxy) is 2. The third-order valence-corrected chi connectivity index (χ3v) is 5.73. The van der Waals surface area contributed by atoms with Crippen LogP contribution in [0.3, 0.4) is 0 Å². The maximum Gasteiger partial charge on any atom is 0.321 e. The zero-order valence-corrected chi connectivity index (χ0v) is 18.1. The summed E-state index contributed by atoms with van der Waals surface area (Å²) >= 11 is 0. The van der Waals surface area contributed by atoms with Crippen molar-refractivity contribution in [3.8, 4) is 11.5 Å². The number of aryl methyl sites for hydroxylation is 1. The average molecular weight is 424 g/mol. The molecule has 1 fully saturated rings. The second-order valence-corrected chi connectivity index (χ2v) is 8.26. The van der Waals surface area contributed by atoms with Crippen LogP contribution in [0.25, 0.3) is 0 Å². The van der Waals surface area contributed by atoms with Gasteiger partial charge in [0.15, 0.2) is 11.5 Å². The van der Waals surface area contributed by atoms with Gasteiger partial charge in [0.2, 0.25) is 5.91 Å². The highest BCUT2D eigenvalue weighted by molar-refractivity contribution is 5.90. The van der Waals surface area contributed by atoms with Gasteiger partial charge < -0.3 is 24.6 Å². The highest BCUT2D eigenvalue weighted by atomic mass is 16.6. The van der Waals surface area contributed by atoms with Gasteiger partial charge in [-0.2, -0.15) is 0 Å². The van der Waals surface area contributed by atoms with Gasteiger partial charge in [-0.25, -0.2) is 4.79 Å². The number of nitrogens with zero attached hydrogens (tertiary/aromatic N) is 2. The van der Waals surface area contributed by atoms with Crippen molar-refractivity contribution in [2.75, 3.05) is 38.7 Å². The van der Waals surface area contributed by atoms with Crippen LogP contribution in [0.1, 0.15) is 24.0 Å². The van der Waals surface area contributed by atoms with Crippen LogP contribution in [0, 0.1) is 12.8 Å². The molecule has 3 amide bonds. The fourth-order valence-electron chi connectivity index (χ4n) is 4.14. The van der Waals surface area contributed by atoms with E-state index in [1.165, 1.54) is 0 Å². The molecule has 2 heterocycles. The Labute approximate surface area is 182 Å². The number of carbonyl (C=O) groups is 2. The predicted molar refractivity (Wildman–Crippen MR) is 118 cm³/mol. The monoisotopic (exact) mass is 423 g/mol. The van der Waals surface area contributed by atoms with E-state index in [0.29, 0.717) is 32.8 Å². The lowest BCUT2D eigenvalue weighted by molar-refractivity contribution is -0.136. The van der Waals surface area contributed by atoms with E-state index in [4.69, 9.17) is 9.47 Å². The smallest absolute Gasteiger partial charge is 0.321 e. The van der Waals surface area contributed by atoms with Crippen LogP contribution in [-0.4, -0.2) is 55.1 Å². The molecule has 1 N–H and O–H groups in total. The zero-order valence-electron chi connectivity index (χ0n) is 18.1. The van der Waals surface area contributed by atoms with Gasteiger partial charge >= 0.3 is 6.03 Å². The maximum atomic E-state index is 13.1. The lowest BCUT2D eigenvalue weighted by Crippen LogP contribution is -2.47. The Morgan fingerprint density at radius 3 is 2.74 bits per heavy atom. The minimum Gasteiger partial charge on any atom is -0.486 e. The van der Waals surface area contributed by atoms with Crippen LogP contribution in [0.2, 0.25) is 0 Å². The lowest BCUT2D eigenvalue weighted by atomic mass is 9.96. The number of benzene rings is 2. The summed E-state index contributed by atoms with van der Waals surface area (Å²) in [5, 5.41) is 2.95. The quantitative estimate of drug-likeness (QED) is 0.815. The Kier molecular flexibility index (Phi) is 6.30. The molecule has 1 atom stereocenters. The third-order valence-electron chi connectivity index (χ3n) is 5.73. The molecule has 2 aromatic carbocycles. The Bertz CT molecular complexity index is 962. The molecule has 31 heavy (non-hydrogen) atoms. The minimum atomic E-state index is -0.195. The second kappa shape index (κ2) is 9.29. The number of likely N-dealkylation sites (tertiary alicyclic amines) is 1. The normalized spacial score (nSPS) is 17.7. The Hall–Kier alpha value is -3.22. The van der Waals surface area contributed by atoms with E-state index in [1.54, 1.807) is 9.80 Å². The van der Waals surface area contributed by atoms with Crippen molar-refractivity contribution in [2.24, 2.45) is 5.92 Å². The summed E-state index contributed by atoms with van der Waals surface area (Å²) in [5.41, 5.74) is 2.85. The topological polar surface area (TPSA) is 71.1 Å². The lowest BCUT2D eigenvalue weighted by Gasteiger charge is -2.34. The SMILES string of the molecule is Cc1cccc(NC(=O)N2CCCC(C(=O)N(C)Cc3ccc4c(c3)OCCO4)C2)c1. The molecule has 0 spiro atoms. The zero-order chi connectivity index (χ0) is 21.8. The van der Waals surface area contributed by atoms with Gasteiger partial charge in [0.05, 0.1) is 5.92 Å². The van der Waals surface area contributed by atoms with Gasteiger partial charge in [0.1, 0.15) is 13.2 Å². The molecule has 1 saturated heterocycles. The van der Waals surface area contributed by atoms with Crippen LogP contribution in [0.5, 0.6) is 11.5 Å². The van der Waals surface area contributed by atoms with Crippen molar-refractivity contribution in [3.63, 3.8) is 0 Å². The van der Waals surface area contributed by atoms with Crippen molar-refractivity contribution >= 4 is 17.6 Å². The fourth-order valence-corrected chi connectivity index (χ4v) is 4.14. The molecule has 2 aliphatic rings. The number of hydrogen-bond donors (Lipinski definition) is 1. The second-order valence-electron chi connectivity index (χ2n) is 8.26. The van der Waals surface area contributed by atoms with Crippen LogP contribution in [0.15, 0.2) is 42.5 Å². The molecule has 1 unspecified atom stereocenters. The van der Waals surface area contributed by atoms with Gasteiger partial charge in [-0.05, 0) is 55.2 Å². The first kappa shape index (κ1) is 21.0. The van der Waals surface area contributed by atoms with E-state index in [-0.39, 0.29) is 17.9 Å². The van der Waals surface area contributed by atoms with Gasteiger partial charge in [0.25, 0.3) is 0 Å². The number of hydrogen-bond acceptors (Lipinski definition) is 4. The molecule has 2 aromatic rings. The summed E-state index contributed by atoms with van der Waals surface area (Å²) in [5.74, 6) is 1.33. The number of fused-ring (bicyclic) bond motifs is 1. The fraction of sp³-hybridized carbons (Fsp3) is 0.417. The number of urea groups is 1. The molecule has 0 aromatic heterocycles. The van der Waals surface area contributed by atoms with Crippen LogP contribution >= 0.6 is 0 Å². The van der Waals surface area contributed by atoms with E-state index in [1.807, 2.05) is 56.4 Å². The highest BCUT2D eigenvalue weighted by Crippen LogP contribution is 2.31. The van der Waals surface area contributed by atoms with Crippen LogP contribution < -0.4 is 14.8 Å². The summed E-state index contributed by atoms with van der Waals surface area (Å²) in [6, 6.07) is 13.3. The van der Waals surface area contributed by atoms with Gasteiger partial charge in [0, 0.05) is 32.4 Å². The first-order valence-corrected chi connectivity index (χ1v) is 10.8. The number of piperidine rings is 1. The molecule has 0 bridgehead atoms. The van der Waals surface area contributed by atoms with Crippen molar-refractivity contribution in [3.05, 3.63) is 53.6 Å². The van der Waals surface area contributed by atoms with E-state index in [2.05, 4.69) is 5.32 Å². The molecule has 7 heteroatoms. The van der Waals surface area contributed by atoms with Gasteiger partial charge in [-0.3, -0.25) is 4.79 Å². The van der Waals surface area contributed by atoms with Crippen molar-refractivity contribution in [1.29, 1.82) is 0 Å². The Morgan fingerprint density at radius 2 is 1.94 bits per heavy atom. The summed E-state index contributed by atoms with van der Waals surface area (Å²) < 4.78 is 11.2. The number of rotatable bonds is 4. The molecule has 164 valence electrons. The summed E-state index contributed by atoms with van der Waals surface area (Å²) in [6.07, 6.45) is 1.61. The van der Waals surface area contributed by atoms with Gasteiger partial charge in [-0.15, -0.1) is 0 Å². The molecule has 4 rings (SSSR count). The molecular weight excluding hydrogens is 394 g/mol. The molecule has 2 aliphatic heterocycles. The average Bonchev–Trinajstić information content (AvgIpc) is 2.78. The third kappa shape index (κ3) is 5.10. The van der Waals surface area contributed by atoms with E-state index >= 15 is 0 Å². The largest absolute Gasteiger partial charge is 0.486 e. The molecule has 0 saturated carbocycles. The van der Waals surface area contributed by atoms with E-state index < -0.39 is 0 Å². The van der Waals surface area contributed by atoms with Crippen molar-refractivity contribution < 1.29 is 19.1 Å². The summed E-state index contributed by atoms with van der Waals surface area (Å²) in [6.45, 7) is 4.66. The van der Waals surface area contributed by atoms with E-state index in [0.717, 1.165) is 41.2 Å². The predicted octanol–water partition coefficient (Wildman–Crippen LogP) is 3.67. The highest BCUT2D eigenvalue weighted by Gasteiger charge is 2.30. The summed E-state index contributed by atoms with van der Waals surface area (Å²) in [7, 11) is 1.81. The molecular formula is C24H29N3O4. The standard InChI is InChI=1S/C24H29N3O4/c1-17-5-3-7-20(13-17)25-24(29)27-10-4-6-19(16-27)23(28)26(2)15-18-8-9-21-22(14-18)31-12-11-30-21/h3,5,7-9,13-14,19H,4,6,10-12,15-16H2,1-2H3,(H,25,29). The number of anilines is 1. The number of nitrogens with one attached hydrogen (secondary N) is 1. The first-order chi connectivity index (χ1) is 15.0. The van der Waals surface area contributed by atoms with Crippen molar-refractivity contribution in [1.82, 2.24) is 9.80 Å². The first-order valence-electron chi connectivity index (χ1n) is 10.8. The minimum absolute atomic E-state index is 0.0583. The van der Waals surface area contributed by atoms with Crippen molar-refractivity contribution in [2.45, 2.75) is 26.3 Å². The summed E-state index contributed by atoms with van der Waals surface area (Å²) in [4.78, 5) is 29.3. The maximum absolute atomic E-state index is 13.1. The van der Waals surface area contributed by atoms with Gasteiger partial charge in [-0.1, -0.05) is 18.2 Å². The molecule has 0 aliphatic carbocycles. The Morgan fingerprint density at radius 1 is 1.13 bits per heavy atom. The molecule has 7 nitrogen and oxygen atoms in total. The van der Waals surface area contributed by atoms with E-state index in [9.17, 15) is 9.59 Å². The Balaban J connectivity index is 1.35. The number of amides is 3. The molecule has 0 radical (unpaired) electrons. The number of carbonyl (C=O) groups excluding carboxylic acids is 2. The van der Waals surface area contributed by atoms with Crippen LogP contribution in [0.4, 0.5) is 10.5 Å².